The molecule has 7 heteroatoms. The van der Waals surface area contributed by atoms with Gasteiger partial charge in [0, 0.05) is 52.7 Å². The molecule has 4 aromatic rings. The first-order valence-electron chi connectivity index (χ1n) is 14.4. The Hall–Kier alpha value is -4.25. The SMILES string of the molecule is CC1=CC(C)=NP23=Cc4c(ccc5c4B4c6c(ccc(c62)[NH+]2C=CN(C)C23)-c2ccccc2N4c2ccccc2-5)N1. The molecule has 0 saturated carbocycles. The minimum absolute atomic E-state index is 0.0718. The second-order valence-electron chi connectivity index (χ2n) is 12.1. The molecule has 0 saturated heterocycles. The number of nitrogens with one attached hydrogen (secondary N) is 2. The molecule has 3 unspecified atom stereocenters. The summed E-state index contributed by atoms with van der Waals surface area (Å²) in [6.45, 7) is 4.42. The zero-order chi connectivity index (χ0) is 27.2. The predicted molar refractivity (Wildman–Crippen MR) is 174 cm³/mol. The predicted octanol–water partition coefficient (Wildman–Crippen LogP) is 4.33. The molecule has 2 N–H and O–H groups in total. The van der Waals surface area contributed by atoms with Crippen molar-refractivity contribution in [3.05, 3.63) is 103 Å². The number of anilines is 3. The lowest BCUT2D eigenvalue weighted by atomic mass is 9.42. The molecule has 4 aromatic carbocycles. The molecule has 2 bridgehead atoms. The van der Waals surface area contributed by atoms with Gasteiger partial charge in [-0.2, -0.15) is 0 Å². The minimum Gasteiger partial charge on any atom is -0.376 e. The number of fused-ring (bicyclic) bond motifs is 8. The van der Waals surface area contributed by atoms with Crippen LogP contribution in [0.1, 0.15) is 19.4 Å². The molecular weight excluding hydrogens is 520 g/mol. The highest BCUT2D eigenvalue weighted by molar-refractivity contribution is 7.82. The monoisotopic (exact) mass is 548 g/mol. The normalized spacial score (nSPS) is 24.5. The molecule has 5 nitrogen and oxygen atoms in total. The number of para-hydroxylation sites is 2. The van der Waals surface area contributed by atoms with Crippen molar-refractivity contribution in [3.63, 3.8) is 0 Å². The van der Waals surface area contributed by atoms with Crippen LogP contribution in [0.25, 0.3) is 22.3 Å². The van der Waals surface area contributed by atoms with E-state index in [0.717, 1.165) is 11.4 Å². The van der Waals surface area contributed by atoms with Crippen molar-refractivity contribution in [1.29, 1.82) is 0 Å². The quantitative estimate of drug-likeness (QED) is 0.254. The maximum absolute atomic E-state index is 5.85. The third kappa shape index (κ3) is 2.54. The van der Waals surface area contributed by atoms with Crippen LogP contribution in [0.5, 0.6) is 0 Å². The van der Waals surface area contributed by atoms with Crippen LogP contribution in [0, 0.1) is 0 Å². The van der Waals surface area contributed by atoms with Crippen molar-refractivity contribution in [2.24, 2.45) is 4.76 Å². The van der Waals surface area contributed by atoms with Crippen LogP contribution in [0.3, 0.4) is 0 Å². The highest BCUT2D eigenvalue weighted by Crippen LogP contribution is 2.60. The lowest BCUT2D eigenvalue weighted by molar-refractivity contribution is -0.788. The summed E-state index contributed by atoms with van der Waals surface area (Å²) in [6.07, 6.45) is 6.84. The summed E-state index contributed by atoms with van der Waals surface area (Å²) in [4.78, 5) is 6.49. The number of benzene rings is 4. The maximum Gasteiger partial charge on any atom is 0.331 e. The summed E-state index contributed by atoms with van der Waals surface area (Å²) >= 11 is 0. The third-order valence-corrected chi connectivity index (χ3v) is 13.7. The van der Waals surface area contributed by atoms with Crippen LogP contribution in [0.2, 0.25) is 0 Å². The van der Waals surface area contributed by atoms with E-state index in [2.05, 4.69) is 133 Å². The van der Waals surface area contributed by atoms with Crippen molar-refractivity contribution >= 4 is 64.4 Å². The standard InChI is InChI=1S/C34H27BN5P/c1-20-18-21(2)37-41-19-26-27(36-20)14-12-24-22-8-4-6-10-28(22)40-29-11-7-5-9-23(29)25-13-15-30(39-17-16-38(3)34(39)41)33(41)32(25)35(40)31(24)26/h4-19,34,36H,1-3H3/p+1. The van der Waals surface area contributed by atoms with Crippen LogP contribution < -0.4 is 31.3 Å². The molecule has 0 amide bonds. The zero-order valence-corrected chi connectivity index (χ0v) is 24.1. The van der Waals surface area contributed by atoms with E-state index in [1.807, 2.05) is 0 Å². The number of quaternary nitrogens is 1. The molecular formula is C34H28BN5P+. The van der Waals surface area contributed by atoms with Crippen LogP contribution in [0.15, 0.2) is 102 Å². The number of hydrogen-bond acceptors (Lipinski definition) is 4. The average molecular weight is 548 g/mol. The van der Waals surface area contributed by atoms with Gasteiger partial charge in [-0.15, -0.1) is 0 Å². The fourth-order valence-electron chi connectivity index (χ4n) is 8.53. The van der Waals surface area contributed by atoms with E-state index >= 15 is 0 Å². The topological polar surface area (TPSA) is 35.3 Å². The van der Waals surface area contributed by atoms with Gasteiger partial charge in [-0.25, -0.2) is 4.90 Å². The van der Waals surface area contributed by atoms with Gasteiger partial charge in [-0.05, 0) is 77.6 Å². The average Bonchev–Trinajstić information content (AvgIpc) is 3.46. The summed E-state index contributed by atoms with van der Waals surface area (Å²) in [5.74, 6) is 2.85. The van der Waals surface area contributed by atoms with E-state index in [1.165, 1.54) is 71.7 Å². The molecule has 41 heavy (non-hydrogen) atoms. The lowest BCUT2D eigenvalue weighted by Crippen LogP contribution is -3.05. The van der Waals surface area contributed by atoms with Crippen molar-refractivity contribution in [3.8, 4) is 22.3 Å². The Bertz CT molecular complexity index is 2070. The Morgan fingerprint density at radius 1 is 0.854 bits per heavy atom. The summed E-state index contributed by atoms with van der Waals surface area (Å²) in [6, 6.07) is 27.4. The van der Waals surface area contributed by atoms with Crippen LogP contribution >= 0.6 is 7.04 Å². The van der Waals surface area contributed by atoms with Crippen molar-refractivity contribution < 1.29 is 4.90 Å². The third-order valence-electron chi connectivity index (χ3n) is 9.82. The maximum atomic E-state index is 5.85. The van der Waals surface area contributed by atoms with Gasteiger partial charge in [0.25, 0.3) is 0 Å². The van der Waals surface area contributed by atoms with Gasteiger partial charge in [0.15, 0.2) is 0 Å². The fourth-order valence-corrected chi connectivity index (χ4v) is 13.1. The van der Waals surface area contributed by atoms with E-state index < -0.39 is 7.04 Å². The largest absolute Gasteiger partial charge is 0.376 e. The smallest absolute Gasteiger partial charge is 0.331 e. The van der Waals surface area contributed by atoms with Gasteiger partial charge < -0.3 is 15.0 Å². The Kier molecular flexibility index (Phi) is 4.01. The van der Waals surface area contributed by atoms with Gasteiger partial charge in [-0.1, -0.05) is 42.5 Å². The van der Waals surface area contributed by atoms with Gasteiger partial charge >= 0.3 is 6.85 Å². The molecule has 6 heterocycles. The molecule has 0 radical (unpaired) electrons. The van der Waals surface area contributed by atoms with Crippen molar-refractivity contribution in [1.82, 2.24) is 4.90 Å². The molecule has 6 aliphatic heterocycles. The highest BCUT2D eigenvalue weighted by atomic mass is 31.2. The van der Waals surface area contributed by atoms with E-state index in [1.54, 1.807) is 0 Å². The molecule has 6 aliphatic rings. The van der Waals surface area contributed by atoms with Crippen LogP contribution in [-0.2, 0) is 0 Å². The molecule has 0 aromatic heterocycles. The molecule has 10 rings (SSSR count). The van der Waals surface area contributed by atoms with Gasteiger partial charge in [-0.3, -0.25) is 4.76 Å². The number of hydrogen-bond donors (Lipinski definition) is 2. The molecule has 0 fully saturated rings. The molecule has 3 atom stereocenters. The molecule has 0 aliphatic carbocycles. The minimum atomic E-state index is -2.28. The van der Waals surface area contributed by atoms with Gasteiger partial charge in [0.1, 0.15) is 18.9 Å². The van der Waals surface area contributed by atoms with Crippen LogP contribution in [-0.4, -0.2) is 36.2 Å². The second kappa shape index (κ2) is 7.33. The molecule has 196 valence electrons. The second-order valence-corrected chi connectivity index (χ2v) is 15.0. The molecule has 1 spiro atoms. The van der Waals surface area contributed by atoms with Crippen LogP contribution in [0.4, 0.5) is 22.7 Å². The lowest BCUT2D eigenvalue weighted by Gasteiger charge is -2.44. The van der Waals surface area contributed by atoms with E-state index in [-0.39, 0.29) is 12.8 Å². The first-order chi connectivity index (χ1) is 20.0. The summed E-state index contributed by atoms with van der Waals surface area (Å²) in [5, 5.41) is 5.29. The Labute approximate surface area is 240 Å². The van der Waals surface area contributed by atoms with E-state index in [0.29, 0.717) is 0 Å². The summed E-state index contributed by atoms with van der Waals surface area (Å²) in [7, 11) is -0.0434. The zero-order valence-electron chi connectivity index (χ0n) is 23.2. The summed E-state index contributed by atoms with van der Waals surface area (Å²) in [5.41, 5.74) is 16.8. The van der Waals surface area contributed by atoms with E-state index in [9.17, 15) is 0 Å². The first-order valence-corrected chi connectivity index (χ1v) is 16.3. The summed E-state index contributed by atoms with van der Waals surface area (Å²) < 4.78 is 5.85. The Balaban J connectivity index is 1.49. The first kappa shape index (κ1) is 22.4. The number of allylic oxidation sites excluding steroid dienone is 2. The van der Waals surface area contributed by atoms with Gasteiger partial charge in [0.2, 0.25) is 5.91 Å². The van der Waals surface area contributed by atoms with E-state index in [4.69, 9.17) is 4.76 Å². The van der Waals surface area contributed by atoms with Crippen molar-refractivity contribution in [2.75, 3.05) is 17.2 Å². The van der Waals surface area contributed by atoms with Gasteiger partial charge in [0.05, 0.1) is 11.5 Å². The Morgan fingerprint density at radius 2 is 1.56 bits per heavy atom. The fraction of sp³-hybridized carbons (Fsp3) is 0.118. The number of nitrogens with zero attached hydrogens (tertiary/aromatic N) is 3. The number of rotatable bonds is 0. The Morgan fingerprint density at radius 3 is 2.34 bits per heavy atom. The highest BCUT2D eigenvalue weighted by Gasteiger charge is 2.58. The van der Waals surface area contributed by atoms with Crippen molar-refractivity contribution in [2.45, 2.75) is 19.8 Å².